The molecule has 2 aliphatic rings. The lowest BCUT2D eigenvalue weighted by atomic mass is 10.2. The summed E-state index contributed by atoms with van der Waals surface area (Å²) in [5, 5.41) is 9.93. The summed E-state index contributed by atoms with van der Waals surface area (Å²) in [4.78, 5) is 5.09. The fourth-order valence-electron chi connectivity index (χ4n) is 3.45. The molecule has 0 spiro atoms. The van der Waals surface area contributed by atoms with Crippen molar-refractivity contribution in [2.45, 2.75) is 57.7 Å². The van der Waals surface area contributed by atoms with Crippen LogP contribution in [-0.2, 0) is 0 Å². The number of likely N-dealkylation sites (tertiary alicyclic amines) is 1. The highest BCUT2D eigenvalue weighted by atomic mass is 16.3. The second-order valence-corrected chi connectivity index (χ2v) is 5.22. The van der Waals surface area contributed by atoms with Crippen molar-refractivity contribution in [2.75, 3.05) is 26.2 Å². The predicted octanol–water partition coefficient (Wildman–Crippen LogP) is 1.32. The third kappa shape index (κ3) is 2.41. The van der Waals surface area contributed by atoms with Crippen LogP contribution in [0.1, 0.15) is 39.5 Å². The van der Waals surface area contributed by atoms with Gasteiger partial charge in [0.05, 0.1) is 6.10 Å². The van der Waals surface area contributed by atoms with Crippen LogP contribution in [-0.4, -0.2) is 59.3 Å². The number of aliphatic hydroxyl groups excluding tert-OH is 1. The Hall–Kier alpha value is -0.120. The summed E-state index contributed by atoms with van der Waals surface area (Å²) in [6, 6.07) is 1.18. The molecule has 3 heteroatoms. The van der Waals surface area contributed by atoms with Crippen molar-refractivity contribution in [3.05, 3.63) is 0 Å². The Morgan fingerprint density at radius 3 is 2.50 bits per heavy atom. The van der Waals surface area contributed by atoms with Gasteiger partial charge in [0.15, 0.2) is 0 Å². The lowest BCUT2D eigenvalue weighted by Gasteiger charge is -2.29. The van der Waals surface area contributed by atoms with Crippen molar-refractivity contribution in [1.82, 2.24) is 9.80 Å². The molecule has 94 valence electrons. The fraction of sp³-hybridized carbons (Fsp3) is 1.00. The molecule has 0 aromatic rings. The maximum atomic E-state index is 9.93. The van der Waals surface area contributed by atoms with E-state index in [-0.39, 0.29) is 6.10 Å². The monoisotopic (exact) mass is 226 g/mol. The van der Waals surface area contributed by atoms with Crippen LogP contribution in [0.3, 0.4) is 0 Å². The maximum absolute atomic E-state index is 9.93. The van der Waals surface area contributed by atoms with Gasteiger partial charge in [0, 0.05) is 25.2 Å². The van der Waals surface area contributed by atoms with Crippen LogP contribution in [0.5, 0.6) is 0 Å². The molecular formula is C13H26N2O. The smallest absolute Gasteiger partial charge is 0.0695 e. The fourth-order valence-corrected chi connectivity index (χ4v) is 3.45. The molecule has 16 heavy (non-hydrogen) atoms. The molecule has 3 atom stereocenters. The third-order valence-corrected chi connectivity index (χ3v) is 4.44. The van der Waals surface area contributed by atoms with Crippen LogP contribution in [0.15, 0.2) is 0 Å². The van der Waals surface area contributed by atoms with E-state index in [1.807, 2.05) is 0 Å². The summed E-state index contributed by atoms with van der Waals surface area (Å²) in [6.45, 7) is 9.16. The molecule has 1 N–H and O–H groups in total. The number of nitrogens with zero attached hydrogens (tertiary/aromatic N) is 2. The Labute approximate surface area is 99.4 Å². The first kappa shape index (κ1) is 12.3. The molecule has 0 bridgehead atoms. The first-order chi connectivity index (χ1) is 7.76. The third-order valence-electron chi connectivity index (χ3n) is 4.44. The zero-order valence-electron chi connectivity index (χ0n) is 10.7. The van der Waals surface area contributed by atoms with Gasteiger partial charge < -0.3 is 5.11 Å². The normalized spacial score (nSPS) is 36.4. The second kappa shape index (κ2) is 5.48. The quantitative estimate of drug-likeness (QED) is 0.783. The largest absolute Gasteiger partial charge is 0.391 e. The van der Waals surface area contributed by atoms with E-state index >= 15 is 0 Å². The Morgan fingerprint density at radius 2 is 1.94 bits per heavy atom. The van der Waals surface area contributed by atoms with Gasteiger partial charge in [0.25, 0.3) is 0 Å². The molecule has 0 aromatic heterocycles. The van der Waals surface area contributed by atoms with Gasteiger partial charge in [0.1, 0.15) is 0 Å². The molecule has 1 heterocycles. The molecule has 3 unspecified atom stereocenters. The van der Waals surface area contributed by atoms with Crippen LogP contribution in [0, 0.1) is 0 Å². The Kier molecular flexibility index (Phi) is 4.22. The van der Waals surface area contributed by atoms with Crippen LogP contribution >= 0.6 is 0 Å². The zero-order valence-corrected chi connectivity index (χ0v) is 10.7. The molecule has 0 radical (unpaired) electrons. The minimum absolute atomic E-state index is 0.0598. The van der Waals surface area contributed by atoms with Gasteiger partial charge in [-0.15, -0.1) is 0 Å². The molecule has 1 aliphatic heterocycles. The number of likely N-dealkylation sites (N-methyl/N-ethyl adjacent to an activating group) is 1. The van der Waals surface area contributed by atoms with Crippen LogP contribution in [0.25, 0.3) is 0 Å². The number of rotatable bonds is 4. The summed E-state index contributed by atoms with van der Waals surface area (Å²) in [7, 11) is 0. The summed E-state index contributed by atoms with van der Waals surface area (Å²) in [5.41, 5.74) is 0. The van der Waals surface area contributed by atoms with E-state index in [1.165, 1.54) is 32.4 Å². The highest BCUT2D eigenvalue weighted by molar-refractivity contribution is 4.92. The van der Waals surface area contributed by atoms with E-state index in [0.717, 1.165) is 25.6 Å². The van der Waals surface area contributed by atoms with E-state index < -0.39 is 0 Å². The predicted molar refractivity (Wildman–Crippen MR) is 66.5 cm³/mol. The average molecular weight is 226 g/mol. The highest BCUT2D eigenvalue weighted by Crippen LogP contribution is 2.28. The number of hydrogen-bond acceptors (Lipinski definition) is 3. The minimum atomic E-state index is -0.0598. The summed E-state index contributed by atoms with van der Waals surface area (Å²) in [5.74, 6) is 0. The number of aliphatic hydroxyl groups is 1. The molecular weight excluding hydrogens is 200 g/mol. The van der Waals surface area contributed by atoms with E-state index in [9.17, 15) is 5.11 Å². The van der Waals surface area contributed by atoms with Crippen molar-refractivity contribution in [2.24, 2.45) is 0 Å². The van der Waals surface area contributed by atoms with Gasteiger partial charge in [0.2, 0.25) is 0 Å². The van der Waals surface area contributed by atoms with Crippen molar-refractivity contribution >= 4 is 0 Å². The second-order valence-electron chi connectivity index (χ2n) is 5.22. The van der Waals surface area contributed by atoms with Gasteiger partial charge >= 0.3 is 0 Å². The lowest BCUT2D eigenvalue weighted by Crippen LogP contribution is -2.42. The lowest BCUT2D eigenvalue weighted by molar-refractivity contribution is 0.0794. The van der Waals surface area contributed by atoms with Crippen LogP contribution in [0.4, 0.5) is 0 Å². The van der Waals surface area contributed by atoms with Crippen molar-refractivity contribution < 1.29 is 5.11 Å². The summed E-state index contributed by atoms with van der Waals surface area (Å²) >= 11 is 0. The molecule has 1 aliphatic carbocycles. The molecule has 0 aromatic carbocycles. The van der Waals surface area contributed by atoms with Crippen molar-refractivity contribution in [1.29, 1.82) is 0 Å². The molecule has 2 fully saturated rings. The molecule has 0 amide bonds. The van der Waals surface area contributed by atoms with E-state index in [1.54, 1.807) is 0 Å². The highest BCUT2D eigenvalue weighted by Gasteiger charge is 2.36. The van der Waals surface area contributed by atoms with E-state index in [4.69, 9.17) is 0 Å². The van der Waals surface area contributed by atoms with Crippen LogP contribution < -0.4 is 0 Å². The van der Waals surface area contributed by atoms with E-state index in [0.29, 0.717) is 6.04 Å². The number of hydrogen-bond donors (Lipinski definition) is 1. The minimum Gasteiger partial charge on any atom is -0.391 e. The summed E-state index contributed by atoms with van der Waals surface area (Å²) < 4.78 is 0. The van der Waals surface area contributed by atoms with Gasteiger partial charge in [-0.05, 0) is 38.8 Å². The van der Waals surface area contributed by atoms with Crippen molar-refractivity contribution in [3.63, 3.8) is 0 Å². The van der Waals surface area contributed by atoms with E-state index in [2.05, 4.69) is 23.6 Å². The van der Waals surface area contributed by atoms with Gasteiger partial charge in [-0.2, -0.15) is 0 Å². The standard InChI is InChI=1S/C13H26N2O/c1-3-14(4-2)11-8-9-15(10-11)12-6-5-7-13(12)16/h11-13,16H,3-10H2,1-2H3. The topological polar surface area (TPSA) is 26.7 Å². The molecule has 1 saturated heterocycles. The maximum Gasteiger partial charge on any atom is 0.0695 e. The van der Waals surface area contributed by atoms with Gasteiger partial charge in [-0.3, -0.25) is 9.80 Å². The molecule has 3 nitrogen and oxygen atoms in total. The Bertz CT molecular complexity index is 218. The Morgan fingerprint density at radius 1 is 1.19 bits per heavy atom. The first-order valence-electron chi connectivity index (χ1n) is 6.92. The SMILES string of the molecule is CCN(CC)C1CCN(C2CCCC2O)C1. The van der Waals surface area contributed by atoms with Crippen molar-refractivity contribution in [3.8, 4) is 0 Å². The Balaban J connectivity index is 1.87. The molecule has 2 rings (SSSR count). The average Bonchev–Trinajstić information content (AvgIpc) is 2.89. The zero-order chi connectivity index (χ0) is 11.5. The molecule has 1 saturated carbocycles. The van der Waals surface area contributed by atoms with Gasteiger partial charge in [-0.25, -0.2) is 0 Å². The first-order valence-corrected chi connectivity index (χ1v) is 6.92. The van der Waals surface area contributed by atoms with Gasteiger partial charge in [-0.1, -0.05) is 13.8 Å². The van der Waals surface area contributed by atoms with Crippen LogP contribution in [0.2, 0.25) is 0 Å². The summed E-state index contributed by atoms with van der Waals surface area (Å²) in [6.07, 6.45) is 4.64.